The van der Waals surface area contributed by atoms with Gasteiger partial charge in [-0.25, -0.2) is 15.0 Å². The summed E-state index contributed by atoms with van der Waals surface area (Å²) in [6.45, 7) is 1.97. The molecule has 0 amide bonds. The fraction of sp³-hybridized carbons (Fsp3) is 0.304. The minimum Gasteiger partial charge on any atom is -0.378 e. The molecule has 1 aromatic carbocycles. The maximum absolute atomic E-state index is 8.88. The van der Waals surface area contributed by atoms with Gasteiger partial charge in [0.05, 0.1) is 23.6 Å². The third kappa shape index (κ3) is 4.56. The number of hydrogen-bond donors (Lipinski definition) is 1. The van der Waals surface area contributed by atoms with Gasteiger partial charge in [0.15, 0.2) is 0 Å². The van der Waals surface area contributed by atoms with Crippen molar-refractivity contribution in [3.8, 4) is 6.07 Å². The van der Waals surface area contributed by atoms with Crippen molar-refractivity contribution < 1.29 is 0 Å². The van der Waals surface area contributed by atoms with E-state index < -0.39 is 0 Å². The highest BCUT2D eigenvalue weighted by atomic mass is 15.2. The Bertz CT molecular complexity index is 1020. The number of pyridine rings is 1. The molecule has 1 saturated heterocycles. The summed E-state index contributed by atoms with van der Waals surface area (Å²) in [5.41, 5.74) is 4.69. The standard InChI is InChI=1S/C23H25N7/c1-29(2)20-9-5-17(6-10-20)16-30-13-3-4-22(30)21-11-12-25-23(28-21)27-19-8-7-18(14-24)26-15-19/h5-12,15,22H,3-4,13,16H2,1-2H3,(H,25,27,28)/t22-/m0/s1. The Morgan fingerprint density at radius 1 is 1.13 bits per heavy atom. The van der Waals surface area contributed by atoms with Crippen molar-refractivity contribution in [3.63, 3.8) is 0 Å². The van der Waals surface area contributed by atoms with E-state index >= 15 is 0 Å². The van der Waals surface area contributed by atoms with Gasteiger partial charge in [-0.1, -0.05) is 12.1 Å². The number of nitriles is 1. The number of aromatic nitrogens is 3. The average molecular weight is 400 g/mol. The molecule has 0 radical (unpaired) electrons. The molecule has 1 aliphatic heterocycles. The zero-order valence-electron chi connectivity index (χ0n) is 17.3. The molecule has 0 aliphatic carbocycles. The van der Waals surface area contributed by atoms with Crippen molar-refractivity contribution in [1.29, 1.82) is 5.26 Å². The maximum atomic E-state index is 8.88. The van der Waals surface area contributed by atoms with Gasteiger partial charge in [0.25, 0.3) is 0 Å². The molecule has 1 atom stereocenters. The second-order valence-corrected chi connectivity index (χ2v) is 7.66. The van der Waals surface area contributed by atoms with Crippen molar-refractivity contribution in [2.24, 2.45) is 0 Å². The summed E-state index contributed by atoms with van der Waals surface area (Å²) in [6, 6.07) is 16.5. The van der Waals surface area contributed by atoms with E-state index in [-0.39, 0.29) is 6.04 Å². The van der Waals surface area contributed by atoms with Crippen LogP contribution in [0.1, 0.15) is 35.8 Å². The SMILES string of the molecule is CN(C)c1ccc(CN2CCC[C@H]2c2ccnc(Nc3ccc(C#N)nc3)n2)cc1. The second kappa shape index (κ2) is 8.89. The smallest absolute Gasteiger partial charge is 0.227 e. The highest BCUT2D eigenvalue weighted by Crippen LogP contribution is 2.32. The molecule has 1 N–H and O–H groups in total. The Kier molecular flexibility index (Phi) is 5.87. The maximum Gasteiger partial charge on any atom is 0.227 e. The lowest BCUT2D eigenvalue weighted by Crippen LogP contribution is -2.23. The molecule has 2 aromatic heterocycles. The van der Waals surface area contributed by atoms with E-state index in [9.17, 15) is 0 Å². The average Bonchev–Trinajstić information content (AvgIpc) is 3.23. The molecule has 0 spiro atoms. The van der Waals surface area contributed by atoms with Gasteiger partial charge in [-0.2, -0.15) is 5.26 Å². The molecule has 3 aromatic rings. The van der Waals surface area contributed by atoms with Gasteiger partial charge < -0.3 is 10.2 Å². The molecule has 3 heterocycles. The number of rotatable bonds is 6. The van der Waals surface area contributed by atoms with Crippen molar-refractivity contribution in [2.75, 3.05) is 30.9 Å². The Morgan fingerprint density at radius 3 is 2.67 bits per heavy atom. The first-order chi connectivity index (χ1) is 14.6. The van der Waals surface area contributed by atoms with Gasteiger partial charge in [-0.05, 0) is 55.3 Å². The third-order valence-electron chi connectivity index (χ3n) is 5.35. The summed E-state index contributed by atoms with van der Waals surface area (Å²) < 4.78 is 0. The highest BCUT2D eigenvalue weighted by molar-refractivity contribution is 5.52. The van der Waals surface area contributed by atoms with Crippen LogP contribution in [0.2, 0.25) is 0 Å². The molecule has 7 nitrogen and oxygen atoms in total. The van der Waals surface area contributed by atoms with E-state index in [0.29, 0.717) is 11.6 Å². The predicted octanol–water partition coefficient (Wildman–Crippen LogP) is 3.89. The molecule has 0 unspecified atom stereocenters. The quantitative estimate of drug-likeness (QED) is 0.673. The summed E-state index contributed by atoms with van der Waals surface area (Å²) in [5.74, 6) is 0.543. The molecule has 1 fully saturated rings. The van der Waals surface area contributed by atoms with Crippen LogP contribution < -0.4 is 10.2 Å². The van der Waals surface area contributed by atoms with Gasteiger partial charge in [0.2, 0.25) is 5.95 Å². The predicted molar refractivity (Wildman–Crippen MR) is 117 cm³/mol. The molecule has 0 saturated carbocycles. The van der Waals surface area contributed by atoms with Crippen LogP contribution in [0.15, 0.2) is 54.9 Å². The molecular formula is C23H25N7. The van der Waals surface area contributed by atoms with Crippen LogP contribution in [-0.4, -0.2) is 40.5 Å². The number of anilines is 3. The Labute approximate surface area is 177 Å². The van der Waals surface area contributed by atoms with Gasteiger partial charge in [0.1, 0.15) is 11.8 Å². The first kappa shape index (κ1) is 19.8. The lowest BCUT2D eigenvalue weighted by atomic mass is 10.1. The molecule has 1 aliphatic rings. The van der Waals surface area contributed by atoms with Gasteiger partial charge in [0, 0.05) is 32.5 Å². The third-order valence-corrected chi connectivity index (χ3v) is 5.35. The summed E-state index contributed by atoms with van der Waals surface area (Å²) in [7, 11) is 4.11. The topological polar surface area (TPSA) is 81.0 Å². The number of likely N-dealkylation sites (tertiary alicyclic amines) is 1. The van der Waals surface area contributed by atoms with E-state index in [2.05, 4.69) is 63.4 Å². The zero-order chi connectivity index (χ0) is 20.9. The highest BCUT2D eigenvalue weighted by Gasteiger charge is 2.27. The summed E-state index contributed by atoms with van der Waals surface area (Å²) in [4.78, 5) is 17.8. The Balaban J connectivity index is 1.47. The largest absolute Gasteiger partial charge is 0.378 e. The van der Waals surface area contributed by atoms with Crippen LogP contribution in [0.4, 0.5) is 17.3 Å². The molecule has 4 rings (SSSR count). The molecule has 30 heavy (non-hydrogen) atoms. The zero-order valence-corrected chi connectivity index (χ0v) is 17.3. The molecule has 152 valence electrons. The van der Waals surface area contributed by atoms with Crippen molar-refractivity contribution in [3.05, 3.63) is 71.8 Å². The second-order valence-electron chi connectivity index (χ2n) is 7.66. The Morgan fingerprint density at radius 2 is 1.97 bits per heavy atom. The van der Waals surface area contributed by atoms with Crippen molar-refractivity contribution in [2.45, 2.75) is 25.4 Å². The lowest BCUT2D eigenvalue weighted by Gasteiger charge is -2.24. The normalized spacial score (nSPS) is 16.2. The van der Waals surface area contributed by atoms with E-state index in [1.165, 1.54) is 11.3 Å². The first-order valence-corrected chi connectivity index (χ1v) is 10.1. The van der Waals surface area contributed by atoms with E-state index in [1.54, 1.807) is 24.5 Å². The minimum atomic E-state index is 0.279. The van der Waals surface area contributed by atoms with E-state index in [1.807, 2.05) is 12.1 Å². The van der Waals surface area contributed by atoms with E-state index in [0.717, 1.165) is 37.3 Å². The van der Waals surface area contributed by atoms with Gasteiger partial charge in [-0.3, -0.25) is 4.90 Å². The monoisotopic (exact) mass is 399 g/mol. The van der Waals surface area contributed by atoms with Gasteiger partial charge >= 0.3 is 0 Å². The minimum absolute atomic E-state index is 0.279. The van der Waals surface area contributed by atoms with Crippen LogP contribution in [0.25, 0.3) is 0 Å². The fourth-order valence-corrected chi connectivity index (χ4v) is 3.77. The fourth-order valence-electron chi connectivity index (χ4n) is 3.77. The van der Waals surface area contributed by atoms with Crippen molar-refractivity contribution >= 4 is 17.3 Å². The first-order valence-electron chi connectivity index (χ1n) is 10.1. The van der Waals surface area contributed by atoms with E-state index in [4.69, 9.17) is 10.2 Å². The summed E-state index contributed by atoms with van der Waals surface area (Å²) in [5, 5.41) is 12.1. The van der Waals surface area contributed by atoms with Crippen LogP contribution in [0, 0.1) is 11.3 Å². The molecular weight excluding hydrogens is 374 g/mol. The molecule has 0 bridgehead atoms. The summed E-state index contributed by atoms with van der Waals surface area (Å²) in [6.07, 6.45) is 5.66. The molecule has 7 heteroatoms. The van der Waals surface area contributed by atoms with Crippen LogP contribution >= 0.6 is 0 Å². The lowest BCUT2D eigenvalue weighted by molar-refractivity contribution is 0.244. The van der Waals surface area contributed by atoms with Crippen LogP contribution in [-0.2, 0) is 6.54 Å². The van der Waals surface area contributed by atoms with Crippen molar-refractivity contribution in [1.82, 2.24) is 19.9 Å². The van der Waals surface area contributed by atoms with Gasteiger partial charge in [-0.15, -0.1) is 0 Å². The summed E-state index contributed by atoms with van der Waals surface area (Å²) >= 11 is 0. The van der Waals surface area contributed by atoms with Crippen LogP contribution in [0.3, 0.4) is 0 Å². The Hall–Kier alpha value is -3.50. The number of hydrogen-bond acceptors (Lipinski definition) is 7. The number of nitrogens with one attached hydrogen (secondary N) is 1. The van der Waals surface area contributed by atoms with Crippen LogP contribution in [0.5, 0.6) is 0 Å². The number of benzene rings is 1. The number of nitrogens with zero attached hydrogens (tertiary/aromatic N) is 6.